The van der Waals surface area contributed by atoms with E-state index in [-0.39, 0.29) is 29.6 Å². The third-order valence-corrected chi connectivity index (χ3v) is 5.02. The molecule has 0 saturated carbocycles. The Hall–Kier alpha value is -3.66. The van der Waals surface area contributed by atoms with E-state index in [0.717, 1.165) is 11.0 Å². The molecule has 1 atom stereocenters. The van der Waals surface area contributed by atoms with Crippen molar-refractivity contribution in [1.82, 2.24) is 15.3 Å². The topological polar surface area (TPSA) is 90.4 Å². The molecule has 1 heterocycles. The Bertz CT molecular complexity index is 1120. The van der Waals surface area contributed by atoms with Gasteiger partial charge in [-0.15, -0.1) is 0 Å². The largest absolute Gasteiger partial charge is 0.388 e. The van der Waals surface area contributed by atoms with Crippen molar-refractivity contribution in [3.63, 3.8) is 0 Å². The molecule has 0 radical (unpaired) electrons. The molecule has 2 aromatic carbocycles. The van der Waals surface area contributed by atoms with E-state index in [4.69, 9.17) is 0 Å². The third-order valence-electron chi connectivity index (χ3n) is 5.02. The number of benzene rings is 2. The summed E-state index contributed by atoms with van der Waals surface area (Å²) in [5, 5.41) is 15.6. The first-order chi connectivity index (χ1) is 15.6. The summed E-state index contributed by atoms with van der Waals surface area (Å²) >= 11 is 0. The van der Waals surface area contributed by atoms with Crippen molar-refractivity contribution >= 4 is 23.5 Å². The van der Waals surface area contributed by atoms with Crippen LogP contribution >= 0.6 is 0 Å². The molecular weight excluding hydrogens is 435 g/mol. The van der Waals surface area contributed by atoms with Gasteiger partial charge >= 0.3 is 6.03 Å². The van der Waals surface area contributed by atoms with E-state index in [1.807, 2.05) is 0 Å². The number of anilines is 3. The maximum atomic E-state index is 14.0. The second kappa shape index (κ2) is 9.86. The number of nitrogens with one attached hydrogen (secondary N) is 2. The van der Waals surface area contributed by atoms with Crippen molar-refractivity contribution in [2.45, 2.75) is 39.0 Å². The first-order valence-corrected chi connectivity index (χ1v) is 10.1. The highest BCUT2D eigenvalue weighted by molar-refractivity contribution is 5.98. The highest BCUT2D eigenvalue weighted by atomic mass is 19.2. The lowest BCUT2D eigenvalue weighted by molar-refractivity contribution is 0.0646. The monoisotopic (exact) mass is 459 g/mol. The van der Waals surface area contributed by atoms with Gasteiger partial charge < -0.3 is 15.7 Å². The molecule has 3 rings (SSSR count). The summed E-state index contributed by atoms with van der Waals surface area (Å²) < 4.78 is 40.9. The summed E-state index contributed by atoms with van der Waals surface area (Å²) in [4.78, 5) is 22.7. The summed E-state index contributed by atoms with van der Waals surface area (Å²) in [7, 11) is 0. The van der Waals surface area contributed by atoms with Crippen molar-refractivity contribution in [2.75, 3.05) is 10.2 Å². The van der Waals surface area contributed by atoms with Crippen LogP contribution in [0, 0.1) is 17.5 Å². The third kappa shape index (κ3) is 5.98. The van der Waals surface area contributed by atoms with Gasteiger partial charge in [-0.1, -0.05) is 12.1 Å². The maximum Gasteiger partial charge on any atom is 0.327 e. The number of rotatable bonds is 7. The summed E-state index contributed by atoms with van der Waals surface area (Å²) in [6.45, 7) is 4.71. The van der Waals surface area contributed by atoms with E-state index in [0.29, 0.717) is 0 Å². The Morgan fingerprint density at radius 2 is 1.82 bits per heavy atom. The summed E-state index contributed by atoms with van der Waals surface area (Å²) in [5.41, 5.74) is -0.817. The van der Waals surface area contributed by atoms with Gasteiger partial charge in [-0.2, -0.15) is 4.98 Å². The molecule has 0 bridgehead atoms. The SMILES string of the molecule is C[C@H](Nc1nccc(N(C(=O)NCc2cccc(F)c2F)c2ccc(F)cc2)n1)C(C)(C)O. The number of aliphatic hydroxyl groups is 1. The molecular formula is C23H24F3N5O2. The quantitative estimate of drug-likeness (QED) is 0.484. The fourth-order valence-electron chi connectivity index (χ4n) is 2.79. The molecule has 0 saturated heterocycles. The number of aromatic nitrogens is 2. The van der Waals surface area contributed by atoms with Crippen LogP contribution in [-0.2, 0) is 6.54 Å². The molecule has 0 fully saturated rings. The van der Waals surface area contributed by atoms with E-state index in [9.17, 15) is 23.1 Å². The van der Waals surface area contributed by atoms with Gasteiger partial charge in [0, 0.05) is 24.4 Å². The molecule has 174 valence electrons. The molecule has 0 spiro atoms. The zero-order valence-electron chi connectivity index (χ0n) is 18.3. The number of amides is 2. The lowest BCUT2D eigenvalue weighted by Gasteiger charge is -2.27. The van der Waals surface area contributed by atoms with Crippen molar-refractivity contribution < 1.29 is 23.1 Å². The van der Waals surface area contributed by atoms with Gasteiger partial charge in [0.15, 0.2) is 11.6 Å². The smallest absolute Gasteiger partial charge is 0.327 e. The Kier molecular flexibility index (Phi) is 7.17. The lowest BCUT2D eigenvalue weighted by Crippen LogP contribution is -2.40. The van der Waals surface area contributed by atoms with Gasteiger partial charge in [0.2, 0.25) is 5.95 Å². The molecule has 10 heteroatoms. The molecule has 7 nitrogen and oxygen atoms in total. The highest BCUT2D eigenvalue weighted by Crippen LogP contribution is 2.25. The molecule has 0 aliphatic rings. The van der Waals surface area contributed by atoms with Crippen molar-refractivity contribution in [3.05, 3.63) is 77.7 Å². The molecule has 0 aliphatic heterocycles. The van der Waals surface area contributed by atoms with E-state index >= 15 is 0 Å². The number of nitrogens with zero attached hydrogens (tertiary/aromatic N) is 3. The zero-order valence-corrected chi connectivity index (χ0v) is 18.3. The van der Waals surface area contributed by atoms with Gasteiger partial charge in [0.25, 0.3) is 0 Å². The lowest BCUT2D eigenvalue weighted by atomic mass is 10.0. The van der Waals surface area contributed by atoms with E-state index in [1.165, 1.54) is 48.7 Å². The minimum absolute atomic E-state index is 0.0357. The van der Waals surface area contributed by atoms with Gasteiger partial charge in [-0.05, 0) is 51.1 Å². The van der Waals surface area contributed by atoms with E-state index < -0.39 is 35.1 Å². The maximum absolute atomic E-state index is 14.0. The second-order valence-electron chi connectivity index (χ2n) is 7.94. The predicted molar refractivity (Wildman–Crippen MR) is 119 cm³/mol. The fourth-order valence-corrected chi connectivity index (χ4v) is 2.79. The van der Waals surface area contributed by atoms with Crippen LogP contribution in [0.3, 0.4) is 0 Å². The van der Waals surface area contributed by atoms with Crippen molar-refractivity contribution in [2.24, 2.45) is 0 Å². The molecule has 1 aromatic heterocycles. The number of hydrogen-bond donors (Lipinski definition) is 3. The first-order valence-electron chi connectivity index (χ1n) is 10.1. The first kappa shape index (κ1) is 24.0. The van der Waals surface area contributed by atoms with Crippen LogP contribution in [0.1, 0.15) is 26.3 Å². The summed E-state index contributed by atoms with van der Waals surface area (Å²) in [6.07, 6.45) is 1.41. The Balaban J connectivity index is 1.90. The van der Waals surface area contributed by atoms with Crippen molar-refractivity contribution in [1.29, 1.82) is 0 Å². The van der Waals surface area contributed by atoms with Gasteiger partial charge in [0.1, 0.15) is 11.6 Å². The highest BCUT2D eigenvalue weighted by Gasteiger charge is 2.24. The standard InChI is InChI=1S/C23H24F3N5O2/c1-14(23(2,3)33)29-21-27-12-11-19(30-21)31(17-9-7-16(24)8-10-17)22(32)28-13-15-5-4-6-18(25)20(15)26/h4-12,14,33H,13H2,1-3H3,(H,28,32)(H,27,29,30)/t14-/m0/s1. The predicted octanol–water partition coefficient (Wildman–Crippen LogP) is 4.51. The van der Waals surface area contributed by atoms with E-state index in [1.54, 1.807) is 20.8 Å². The molecule has 33 heavy (non-hydrogen) atoms. The van der Waals surface area contributed by atoms with Crippen LogP contribution in [0.4, 0.5) is 35.4 Å². The van der Waals surface area contributed by atoms with Gasteiger partial charge in [0.05, 0.1) is 17.3 Å². The molecule has 2 amide bonds. The Morgan fingerprint density at radius 3 is 2.48 bits per heavy atom. The minimum Gasteiger partial charge on any atom is -0.388 e. The Labute approximate surface area is 189 Å². The number of carbonyl (C=O) groups is 1. The summed E-state index contributed by atoms with van der Waals surface area (Å²) in [5.74, 6) is -2.28. The Morgan fingerprint density at radius 1 is 1.12 bits per heavy atom. The number of urea groups is 1. The molecule has 0 aliphatic carbocycles. The van der Waals surface area contributed by atoms with Crippen LogP contribution in [0.5, 0.6) is 0 Å². The van der Waals surface area contributed by atoms with E-state index in [2.05, 4.69) is 20.6 Å². The molecule has 3 N–H and O–H groups in total. The average Bonchev–Trinajstić information content (AvgIpc) is 2.76. The van der Waals surface area contributed by atoms with Crippen LogP contribution < -0.4 is 15.5 Å². The fraction of sp³-hybridized carbons (Fsp3) is 0.261. The number of halogens is 3. The van der Waals surface area contributed by atoms with Gasteiger partial charge in [-0.25, -0.2) is 27.8 Å². The second-order valence-corrected chi connectivity index (χ2v) is 7.94. The number of carbonyl (C=O) groups excluding carboxylic acids is 1. The normalized spacial score (nSPS) is 12.2. The van der Waals surface area contributed by atoms with Crippen LogP contribution in [0.2, 0.25) is 0 Å². The van der Waals surface area contributed by atoms with Crippen LogP contribution in [0.25, 0.3) is 0 Å². The minimum atomic E-state index is -1.07. The zero-order chi connectivity index (χ0) is 24.2. The average molecular weight is 459 g/mol. The van der Waals surface area contributed by atoms with Gasteiger partial charge in [-0.3, -0.25) is 0 Å². The number of hydrogen-bond acceptors (Lipinski definition) is 5. The molecule has 0 unspecified atom stereocenters. The van der Waals surface area contributed by atoms with Crippen LogP contribution in [-0.4, -0.2) is 32.7 Å². The summed E-state index contributed by atoms with van der Waals surface area (Å²) in [6, 6.07) is 9.13. The molecule has 3 aromatic rings. The van der Waals surface area contributed by atoms with Crippen molar-refractivity contribution in [3.8, 4) is 0 Å². The van der Waals surface area contributed by atoms with Crippen LogP contribution in [0.15, 0.2) is 54.7 Å².